The number of methoxy groups -OCH3 is 1. The predicted octanol–water partition coefficient (Wildman–Crippen LogP) is 1.48. The molecule has 0 bridgehead atoms. The summed E-state index contributed by atoms with van der Waals surface area (Å²) >= 11 is 0. The van der Waals surface area contributed by atoms with E-state index in [1.54, 1.807) is 11.0 Å². The molecule has 0 saturated heterocycles. The molecule has 3 rings (SSSR count). The lowest BCUT2D eigenvalue weighted by Gasteiger charge is -2.43. The molecule has 0 unspecified atom stereocenters. The number of amides is 2. The van der Waals surface area contributed by atoms with Crippen LogP contribution in [0.1, 0.15) is 41.3 Å². The van der Waals surface area contributed by atoms with E-state index in [1.165, 1.54) is 7.11 Å². The number of likely N-dealkylation sites (N-methyl/N-ethyl adjacent to an activating group) is 1. The van der Waals surface area contributed by atoms with E-state index in [-0.39, 0.29) is 30.6 Å². The van der Waals surface area contributed by atoms with E-state index in [1.807, 2.05) is 24.0 Å². The van der Waals surface area contributed by atoms with Gasteiger partial charge in [-0.25, -0.2) is 9.59 Å². The third-order valence-electron chi connectivity index (χ3n) is 5.66. The number of benzene rings is 1. The number of hydrogen-bond donors (Lipinski definition) is 2. The van der Waals surface area contributed by atoms with E-state index in [0.717, 1.165) is 24.0 Å². The number of ether oxygens (including phenoxy) is 1. The molecule has 1 fully saturated rings. The van der Waals surface area contributed by atoms with Gasteiger partial charge in [-0.05, 0) is 43.0 Å². The SMILES string of the molecule is CCN(CC(=O)O)C1CC(NC(=O)N2CCc3c(cccc3C(=O)OC)C2)C1. The lowest BCUT2D eigenvalue weighted by Crippen LogP contribution is -2.57. The summed E-state index contributed by atoms with van der Waals surface area (Å²) in [6, 6.07) is 5.67. The number of urea groups is 1. The Morgan fingerprint density at radius 3 is 2.71 bits per heavy atom. The summed E-state index contributed by atoms with van der Waals surface area (Å²) in [7, 11) is 1.37. The number of rotatable bonds is 6. The number of carboxylic acids is 1. The Morgan fingerprint density at radius 1 is 1.32 bits per heavy atom. The maximum Gasteiger partial charge on any atom is 0.338 e. The Balaban J connectivity index is 1.54. The van der Waals surface area contributed by atoms with Gasteiger partial charge in [-0.15, -0.1) is 0 Å². The van der Waals surface area contributed by atoms with Gasteiger partial charge in [0.25, 0.3) is 0 Å². The van der Waals surface area contributed by atoms with Gasteiger partial charge in [0.2, 0.25) is 0 Å². The standard InChI is InChI=1S/C20H27N3O5/c1-3-22(12-18(24)25)15-9-14(10-15)21-20(27)23-8-7-16-13(11-23)5-4-6-17(16)19(26)28-2/h4-6,14-15H,3,7-12H2,1-2H3,(H,21,27)(H,24,25). The number of nitrogens with one attached hydrogen (secondary N) is 1. The summed E-state index contributed by atoms with van der Waals surface area (Å²) in [5.41, 5.74) is 2.49. The normalized spacial score (nSPS) is 20.9. The van der Waals surface area contributed by atoms with Crippen LogP contribution in [0.5, 0.6) is 0 Å². The maximum absolute atomic E-state index is 12.6. The van der Waals surface area contributed by atoms with Crippen molar-refractivity contribution in [3.05, 3.63) is 34.9 Å². The van der Waals surface area contributed by atoms with E-state index >= 15 is 0 Å². The van der Waals surface area contributed by atoms with E-state index in [2.05, 4.69) is 5.32 Å². The van der Waals surface area contributed by atoms with Crippen LogP contribution < -0.4 is 5.32 Å². The number of hydrogen-bond acceptors (Lipinski definition) is 5. The van der Waals surface area contributed by atoms with Gasteiger partial charge in [0, 0.05) is 25.2 Å². The second kappa shape index (κ2) is 8.60. The Hall–Kier alpha value is -2.61. The third-order valence-corrected chi connectivity index (χ3v) is 5.66. The highest BCUT2D eigenvalue weighted by Gasteiger charge is 2.36. The molecule has 1 aliphatic carbocycles. The molecule has 0 radical (unpaired) electrons. The van der Waals surface area contributed by atoms with Crippen molar-refractivity contribution in [3.63, 3.8) is 0 Å². The van der Waals surface area contributed by atoms with Crippen molar-refractivity contribution >= 4 is 18.0 Å². The van der Waals surface area contributed by atoms with Gasteiger partial charge in [0.1, 0.15) is 0 Å². The predicted molar refractivity (Wildman–Crippen MR) is 102 cm³/mol. The van der Waals surface area contributed by atoms with Crippen LogP contribution >= 0.6 is 0 Å². The van der Waals surface area contributed by atoms with Crippen molar-refractivity contribution in [2.45, 2.75) is 44.8 Å². The van der Waals surface area contributed by atoms with Gasteiger partial charge in [0.05, 0.1) is 19.2 Å². The van der Waals surface area contributed by atoms with Crippen molar-refractivity contribution in [1.82, 2.24) is 15.1 Å². The van der Waals surface area contributed by atoms with E-state index < -0.39 is 5.97 Å². The first kappa shape index (κ1) is 20.1. The van der Waals surface area contributed by atoms with Gasteiger partial charge in [-0.1, -0.05) is 19.1 Å². The summed E-state index contributed by atoms with van der Waals surface area (Å²) in [5.74, 6) is -1.18. The van der Waals surface area contributed by atoms with Gasteiger partial charge in [-0.2, -0.15) is 0 Å². The molecule has 1 aromatic carbocycles. The first-order chi connectivity index (χ1) is 13.4. The Labute approximate surface area is 164 Å². The fourth-order valence-electron chi connectivity index (χ4n) is 4.03. The first-order valence-electron chi connectivity index (χ1n) is 9.63. The third kappa shape index (κ3) is 4.27. The minimum Gasteiger partial charge on any atom is -0.480 e. The summed E-state index contributed by atoms with van der Waals surface area (Å²) < 4.78 is 4.84. The number of carbonyl (C=O) groups is 3. The summed E-state index contributed by atoms with van der Waals surface area (Å²) in [5, 5.41) is 12.0. The van der Waals surface area contributed by atoms with E-state index in [0.29, 0.717) is 31.6 Å². The van der Waals surface area contributed by atoms with Crippen LogP contribution in [0.3, 0.4) is 0 Å². The Bertz CT molecular complexity index is 760. The van der Waals surface area contributed by atoms with Crippen LogP contribution in [0, 0.1) is 0 Å². The molecule has 152 valence electrons. The molecular formula is C20H27N3O5. The van der Waals surface area contributed by atoms with Crippen LogP contribution in [0.25, 0.3) is 0 Å². The number of carbonyl (C=O) groups excluding carboxylic acids is 2. The lowest BCUT2D eigenvalue weighted by molar-refractivity contribution is -0.139. The molecule has 2 aliphatic rings. The fourth-order valence-corrected chi connectivity index (χ4v) is 4.03. The van der Waals surface area contributed by atoms with E-state index in [9.17, 15) is 14.4 Å². The number of aliphatic carboxylic acids is 1. The topological polar surface area (TPSA) is 99.2 Å². The number of fused-ring (bicyclic) bond motifs is 1. The molecule has 8 heteroatoms. The molecule has 1 aliphatic heterocycles. The molecule has 0 spiro atoms. The quantitative estimate of drug-likeness (QED) is 0.715. The molecule has 2 N–H and O–H groups in total. The summed E-state index contributed by atoms with van der Waals surface area (Å²) in [4.78, 5) is 39.1. The van der Waals surface area contributed by atoms with Crippen LogP contribution in [0.15, 0.2) is 18.2 Å². The molecule has 28 heavy (non-hydrogen) atoms. The van der Waals surface area contributed by atoms with Crippen molar-refractivity contribution < 1.29 is 24.2 Å². The fraction of sp³-hybridized carbons (Fsp3) is 0.550. The second-order valence-electron chi connectivity index (χ2n) is 7.33. The summed E-state index contributed by atoms with van der Waals surface area (Å²) in [6.45, 7) is 3.67. The monoisotopic (exact) mass is 389 g/mol. The van der Waals surface area contributed by atoms with Crippen LogP contribution in [-0.4, -0.2) is 71.7 Å². The van der Waals surface area contributed by atoms with Gasteiger partial charge in [-0.3, -0.25) is 9.69 Å². The van der Waals surface area contributed by atoms with Gasteiger partial charge < -0.3 is 20.1 Å². The zero-order valence-electron chi connectivity index (χ0n) is 16.3. The highest BCUT2D eigenvalue weighted by atomic mass is 16.5. The van der Waals surface area contributed by atoms with Crippen molar-refractivity contribution in [3.8, 4) is 0 Å². The Morgan fingerprint density at radius 2 is 2.07 bits per heavy atom. The van der Waals surface area contributed by atoms with Crippen molar-refractivity contribution in [2.75, 3.05) is 26.7 Å². The molecule has 1 aromatic rings. The molecular weight excluding hydrogens is 362 g/mol. The number of esters is 1. The molecule has 1 heterocycles. The summed E-state index contributed by atoms with van der Waals surface area (Å²) in [6.07, 6.45) is 2.15. The highest BCUT2D eigenvalue weighted by molar-refractivity contribution is 5.91. The van der Waals surface area contributed by atoms with Crippen LogP contribution in [-0.2, 0) is 22.5 Å². The average Bonchev–Trinajstić information content (AvgIpc) is 2.66. The van der Waals surface area contributed by atoms with Gasteiger partial charge >= 0.3 is 18.0 Å². The minimum absolute atomic E-state index is 0.0350. The first-order valence-corrected chi connectivity index (χ1v) is 9.63. The number of nitrogens with zero attached hydrogens (tertiary/aromatic N) is 2. The molecule has 8 nitrogen and oxygen atoms in total. The zero-order valence-corrected chi connectivity index (χ0v) is 16.3. The van der Waals surface area contributed by atoms with Crippen molar-refractivity contribution in [1.29, 1.82) is 0 Å². The lowest BCUT2D eigenvalue weighted by atomic mass is 9.85. The Kier molecular flexibility index (Phi) is 6.18. The zero-order chi connectivity index (χ0) is 20.3. The second-order valence-corrected chi connectivity index (χ2v) is 7.33. The average molecular weight is 389 g/mol. The van der Waals surface area contributed by atoms with Crippen molar-refractivity contribution in [2.24, 2.45) is 0 Å². The van der Waals surface area contributed by atoms with Crippen LogP contribution in [0.4, 0.5) is 4.79 Å². The minimum atomic E-state index is -0.826. The molecule has 2 amide bonds. The molecule has 0 atom stereocenters. The van der Waals surface area contributed by atoms with Gasteiger partial charge in [0.15, 0.2) is 0 Å². The smallest absolute Gasteiger partial charge is 0.338 e. The maximum atomic E-state index is 12.6. The van der Waals surface area contributed by atoms with E-state index in [4.69, 9.17) is 9.84 Å². The van der Waals surface area contributed by atoms with Crippen LogP contribution in [0.2, 0.25) is 0 Å². The molecule has 1 saturated carbocycles. The largest absolute Gasteiger partial charge is 0.480 e. The molecule has 0 aromatic heterocycles. The highest BCUT2D eigenvalue weighted by Crippen LogP contribution is 2.27. The number of carboxylic acid groups (broad SMARTS) is 1.